The van der Waals surface area contributed by atoms with Crippen molar-refractivity contribution < 1.29 is 18.7 Å². The molecule has 6 nitrogen and oxygen atoms in total. The molecule has 0 saturated carbocycles. The van der Waals surface area contributed by atoms with Crippen LogP contribution in [0.25, 0.3) is 0 Å². The van der Waals surface area contributed by atoms with Crippen molar-refractivity contribution in [1.82, 2.24) is 4.98 Å². The molecular formula is C14H16FN3O3S. The van der Waals surface area contributed by atoms with Crippen molar-refractivity contribution in [2.75, 3.05) is 25.6 Å². The Balaban J connectivity index is 2.12. The van der Waals surface area contributed by atoms with E-state index in [1.807, 2.05) is 0 Å². The largest absolute Gasteiger partial charge is 0.489 e. The number of nitrogens with zero attached hydrogens (tertiary/aromatic N) is 1. The van der Waals surface area contributed by atoms with E-state index in [9.17, 15) is 9.18 Å². The molecule has 1 aromatic carbocycles. The molecule has 0 aliphatic rings. The van der Waals surface area contributed by atoms with Gasteiger partial charge in [-0.1, -0.05) is 0 Å². The van der Waals surface area contributed by atoms with Crippen molar-refractivity contribution >= 4 is 22.9 Å². The van der Waals surface area contributed by atoms with Crippen molar-refractivity contribution in [3.8, 4) is 5.75 Å². The van der Waals surface area contributed by atoms with Gasteiger partial charge in [0.25, 0.3) is 5.91 Å². The number of anilines is 1. The van der Waals surface area contributed by atoms with E-state index in [-0.39, 0.29) is 17.9 Å². The molecule has 1 amide bonds. The van der Waals surface area contributed by atoms with Gasteiger partial charge in [-0.2, -0.15) is 0 Å². The Morgan fingerprint density at radius 3 is 2.95 bits per heavy atom. The van der Waals surface area contributed by atoms with Crippen LogP contribution in [0.5, 0.6) is 5.75 Å². The molecule has 2 rings (SSSR count). The second kappa shape index (κ2) is 7.83. The molecule has 2 aromatic rings. The van der Waals surface area contributed by atoms with Crippen LogP contribution in [0, 0.1) is 5.82 Å². The average molecular weight is 325 g/mol. The number of ether oxygens (including phenoxy) is 2. The molecule has 22 heavy (non-hydrogen) atoms. The fourth-order valence-corrected chi connectivity index (χ4v) is 2.31. The quantitative estimate of drug-likeness (QED) is 0.761. The maximum Gasteiger partial charge on any atom is 0.275 e. The van der Waals surface area contributed by atoms with Crippen LogP contribution in [0.1, 0.15) is 15.5 Å². The fourth-order valence-electron chi connectivity index (χ4n) is 1.66. The number of thiazole rings is 1. The standard InChI is InChI=1S/C14H16FN3O3S/c1-20-4-5-21-12-3-2-9(15)6-10(12)18-14(19)11-8-22-13(7-16)17-11/h2-3,6,8H,4-5,7,16H2,1H3,(H,18,19). The molecule has 118 valence electrons. The van der Waals surface area contributed by atoms with Gasteiger partial charge in [0.05, 0.1) is 12.3 Å². The van der Waals surface area contributed by atoms with Crippen LogP contribution in [0.15, 0.2) is 23.6 Å². The minimum atomic E-state index is -0.477. The van der Waals surface area contributed by atoms with Gasteiger partial charge in [-0.05, 0) is 12.1 Å². The van der Waals surface area contributed by atoms with Gasteiger partial charge < -0.3 is 20.5 Å². The normalized spacial score (nSPS) is 10.5. The first kappa shape index (κ1) is 16.3. The molecule has 0 atom stereocenters. The zero-order valence-corrected chi connectivity index (χ0v) is 12.8. The Hall–Kier alpha value is -2.03. The molecule has 0 aliphatic heterocycles. The van der Waals surface area contributed by atoms with Crippen LogP contribution in [-0.2, 0) is 11.3 Å². The van der Waals surface area contributed by atoms with Crippen LogP contribution in [0.4, 0.5) is 10.1 Å². The number of aromatic nitrogens is 1. The number of methoxy groups -OCH3 is 1. The molecule has 0 fully saturated rings. The minimum absolute atomic E-state index is 0.234. The van der Waals surface area contributed by atoms with Crippen LogP contribution >= 0.6 is 11.3 Å². The average Bonchev–Trinajstić information content (AvgIpc) is 2.99. The summed E-state index contributed by atoms with van der Waals surface area (Å²) in [4.78, 5) is 16.2. The van der Waals surface area contributed by atoms with Gasteiger partial charge in [-0.15, -0.1) is 11.3 Å². The maximum atomic E-state index is 13.4. The summed E-state index contributed by atoms with van der Waals surface area (Å²) >= 11 is 1.29. The maximum absolute atomic E-state index is 13.4. The molecular weight excluding hydrogens is 309 g/mol. The number of nitrogens with two attached hydrogens (primary N) is 1. The van der Waals surface area contributed by atoms with Crippen molar-refractivity contribution in [2.45, 2.75) is 6.54 Å². The Morgan fingerprint density at radius 1 is 1.45 bits per heavy atom. The lowest BCUT2D eigenvalue weighted by atomic mass is 10.2. The lowest BCUT2D eigenvalue weighted by Crippen LogP contribution is -2.14. The van der Waals surface area contributed by atoms with E-state index in [2.05, 4.69) is 10.3 Å². The molecule has 1 heterocycles. The Labute approximate surface area is 131 Å². The summed E-state index contributed by atoms with van der Waals surface area (Å²) in [6.07, 6.45) is 0. The molecule has 8 heteroatoms. The number of benzene rings is 1. The van der Waals surface area contributed by atoms with E-state index in [0.717, 1.165) is 0 Å². The van der Waals surface area contributed by atoms with Gasteiger partial charge in [-0.3, -0.25) is 4.79 Å². The summed E-state index contributed by atoms with van der Waals surface area (Å²) in [5, 5.41) is 4.84. The van der Waals surface area contributed by atoms with Gasteiger partial charge in [-0.25, -0.2) is 9.37 Å². The smallest absolute Gasteiger partial charge is 0.275 e. The van der Waals surface area contributed by atoms with E-state index in [4.69, 9.17) is 15.2 Å². The summed E-state index contributed by atoms with van der Waals surface area (Å²) < 4.78 is 23.7. The number of amides is 1. The van der Waals surface area contributed by atoms with E-state index in [1.54, 1.807) is 12.5 Å². The molecule has 0 spiro atoms. The highest BCUT2D eigenvalue weighted by Gasteiger charge is 2.14. The summed E-state index contributed by atoms with van der Waals surface area (Å²) in [6, 6.07) is 3.90. The van der Waals surface area contributed by atoms with Crippen LogP contribution in [-0.4, -0.2) is 31.2 Å². The Bertz CT molecular complexity index is 648. The zero-order chi connectivity index (χ0) is 15.9. The third-order valence-electron chi connectivity index (χ3n) is 2.69. The molecule has 1 aromatic heterocycles. The Morgan fingerprint density at radius 2 is 2.27 bits per heavy atom. The van der Waals surface area contributed by atoms with E-state index in [1.165, 1.54) is 29.5 Å². The molecule has 3 N–H and O–H groups in total. The molecule has 0 saturated heterocycles. The third-order valence-corrected chi connectivity index (χ3v) is 3.56. The van der Waals surface area contributed by atoms with Gasteiger partial charge in [0.15, 0.2) is 0 Å². The number of halogens is 1. The fraction of sp³-hybridized carbons (Fsp3) is 0.286. The second-order valence-electron chi connectivity index (χ2n) is 4.27. The number of carbonyl (C=O) groups excluding carboxylic acids is 1. The summed E-state index contributed by atoms with van der Waals surface area (Å²) in [5.41, 5.74) is 5.94. The summed E-state index contributed by atoms with van der Waals surface area (Å²) in [6.45, 7) is 0.943. The van der Waals surface area contributed by atoms with Crippen molar-refractivity contribution in [3.63, 3.8) is 0 Å². The first-order valence-electron chi connectivity index (χ1n) is 6.51. The molecule has 0 aliphatic carbocycles. The molecule has 0 radical (unpaired) electrons. The highest BCUT2D eigenvalue weighted by atomic mass is 32.1. The predicted molar refractivity (Wildman–Crippen MR) is 81.7 cm³/mol. The first-order chi connectivity index (χ1) is 10.6. The first-order valence-corrected chi connectivity index (χ1v) is 7.39. The zero-order valence-electron chi connectivity index (χ0n) is 12.0. The lowest BCUT2D eigenvalue weighted by molar-refractivity contribution is 0.102. The Kier molecular flexibility index (Phi) is 5.82. The van der Waals surface area contributed by atoms with Crippen LogP contribution in [0.3, 0.4) is 0 Å². The number of hydrogen-bond donors (Lipinski definition) is 2. The highest BCUT2D eigenvalue weighted by Crippen LogP contribution is 2.26. The predicted octanol–water partition coefficient (Wildman–Crippen LogP) is 2.02. The van der Waals surface area contributed by atoms with E-state index < -0.39 is 11.7 Å². The van der Waals surface area contributed by atoms with Crippen molar-refractivity contribution in [2.24, 2.45) is 5.73 Å². The highest BCUT2D eigenvalue weighted by molar-refractivity contribution is 7.09. The lowest BCUT2D eigenvalue weighted by Gasteiger charge is -2.12. The topological polar surface area (TPSA) is 86.5 Å². The van der Waals surface area contributed by atoms with Crippen molar-refractivity contribution in [3.05, 3.63) is 40.1 Å². The number of nitrogens with one attached hydrogen (secondary N) is 1. The van der Waals surface area contributed by atoms with Crippen LogP contribution in [0.2, 0.25) is 0 Å². The van der Waals surface area contributed by atoms with Gasteiger partial charge in [0.2, 0.25) is 0 Å². The monoisotopic (exact) mass is 325 g/mol. The summed E-state index contributed by atoms with van der Waals surface area (Å²) in [5.74, 6) is -0.561. The van der Waals surface area contributed by atoms with Gasteiger partial charge in [0, 0.05) is 25.1 Å². The SMILES string of the molecule is COCCOc1ccc(F)cc1NC(=O)c1csc(CN)n1. The number of rotatable bonds is 7. The third kappa shape index (κ3) is 4.23. The minimum Gasteiger partial charge on any atom is -0.489 e. The number of carbonyl (C=O) groups is 1. The van der Waals surface area contributed by atoms with Gasteiger partial charge >= 0.3 is 0 Å². The van der Waals surface area contributed by atoms with Crippen molar-refractivity contribution in [1.29, 1.82) is 0 Å². The van der Waals surface area contributed by atoms with E-state index >= 15 is 0 Å². The molecule has 0 bridgehead atoms. The number of hydrogen-bond acceptors (Lipinski definition) is 6. The summed E-state index contributed by atoms with van der Waals surface area (Å²) in [7, 11) is 1.55. The van der Waals surface area contributed by atoms with E-state index in [0.29, 0.717) is 24.0 Å². The second-order valence-corrected chi connectivity index (χ2v) is 5.21. The van der Waals surface area contributed by atoms with Crippen LogP contribution < -0.4 is 15.8 Å². The van der Waals surface area contributed by atoms with Gasteiger partial charge in [0.1, 0.15) is 28.9 Å². The molecule has 0 unspecified atom stereocenters.